The molecule has 0 aromatic heterocycles. The standard InChI is InChI=1S/C13H11ClN4O2S/c14-10-6-5-9(8-15)12(7-10)18-21(19,20)13-4-2-1-3-11(13)17-16/h1-7,17-18H,16H2. The molecule has 4 N–H and O–H groups in total. The van der Waals surface area contributed by atoms with Gasteiger partial charge in [-0.15, -0.1) is 0 Å². The Hall–Kier alpha value is -2.27. The van der Waals surface area contributed by atoms with Crippen LogP contribution in [0.25, 0.3) is 0 Å². The third-order valence-corrected chi connectivity index (χ3v) is 4.34. The maximum atomic E-state index is 12.4. The molecule has 0 bridgehead atoms. The molecule has 0 unspecified atom stereocenters. The third kappa shape index (κ3) is 3.25. The van der Waals surface area contributed by atoms with Crippen molar-refractivity contribution in [3.63, 3.8) is 0 Å². The Morgan fingerprint density at radius 1 is 1.14 bits per heavy atom. The van der Waals surface area contributed by atoms with Crippen molar-refractivity contribution in [2.24, 2.45) is 5.84 Å². The predicted molar refractivity (Wildman–Crippen MR) is 81.2 cm³/mol. The van der Waals surface area contributed by atoms with Crippen molar-refractivity contribution in [1.82, 2.24) is 0 Å². The van der Waals surface area contributed by atoms with Gasteiger partial charge in [-0.3, -0.25) is 10.6 Å². The van der Waals surface area contributed by atoms with Crippen molar-refractivity contribution in [3.8, 4) is 6.07 Å². The molecule has 21 heavy (non-hydrogen) atoms. The quantitative estimate of drug-likeness (QED) is 0.591. The zero-order valence-electron chi connectivity index (χ0n) is 10.7. The Kier molecular flexibility index (Phi) is 4.33. The molecule has 2 rings (SSSR count). The largest absolute Gasteiger partial charge is 0.323 e. The topological polar surface area (TPSA) is 108 Å². The average Bonchev–Trinajstić information content (AvgIpc) is 2.47. The fraction of sp³-hybridized carbons (Fsp3) is 0. The van der Waals surface area contributed by atoms with Crippen LogP contribution in [-0.2, 0) is 10.0 Å². The van der Waals surface area contributed by atoms with Gasteiger partial charge in [-0.1, -0.05) is 23.7 Å². The number of para-hydroxylation sites is 1. The number of halogens is 1. The molecule has 0 spiro atoms. The summed E-state index contributed by atoms with van der Waals surface area (Å²) >= 11 is 5.83. The Balaban J connectivity index is 2.48. The van der Waals surface area contributed by atoms with Crippen molar-refractivity contribution in [2.45, 2.75) is 4.90 Å². The lowest BCUT2D eigenvalue weighted by molar-refractivity contribution is 0.601. The third-order valence-electron chi connectivity index (χ3n) is 2.68. The Morgan fingerprint density at radius 2 is 1.86 bits per heavy atom. The minimum Gasteiger partial charge on any atom is -0.323 e. The van der Waals surface area contributed by atoms with Crippen molar-refractivity contribution >= 4 is 33.0 Å². The van der Waals surface area contributed by atoms with Gasteiger partial charge in [-0.05, 0) is 30.3 Å². The van der Waals surface area contributed by atoms with Crippen LogP contribution in [0, 0.1) is 11.3 Å². The van der Waals surface area contributed by atoms with E-state index in [-0.39, 0.29) is 21.8 Å². The summed E-state index contributed by atoms with van der Waals surface area (Å²) in [5.74, 6) is 5.31. The van der Waals surface area contributed by atoms with Gasteiger partial charge in [-0.25, -0.2) is 8.42 Å². The van der Waals surface area contributed by atoms with Crippen LogP contribution < -0.4 is 16.0 Å². The van der Waals surface area contributed by atoms with E-state index in [1.807, 2.05) is 6.07 Å². The number of nitrogen functional groups attached to an aromatic ring is 1. The molecular formula is C13H11ClN4O2S. The molecule has 0 saturated heterocycles. The highest BCUT2D eigenvalue weighted by Crippen LogP contribution is 2.26. The monoisotopic (exact) mass is 322 g/mol. The first kappa shape index (κ1) is 15.1. The highest BCUT2D eigenvalue weighted by atomic mass is 35.5. The van der Waals surface area contributed by atoms with Crippen LogP contribution in [0.15, 0.2) is 47.4 Å². The van der Waals surface area contributed by atoms with Gasteiger partial charge in [-0.2, -0.15) is 5.26 Å². The number of nitriles is 1. The molecule has 0 fully saturated rings. The number of hydrazine groups is 1. The second kappa shape index (κ2) is 6.01. The summed E-state index contributed by atoms with van der Waals surface area (Å²) in [4.78, 5) is -0.0311. The second-order valence-corrected chi connectivity index (χ2v) is 6.13. The lowest BCUT2D eigenvalue weighted by Gasteiger charge is -2.12. The molecule has 8 heteroatoms. The van der Waals surface area contributed by atoms with E-state index >= 15 is 0 Å². The Morgan fingerprint density at radius 3 is 2.52 bits per heavy atom. The van der Waals surface area contributed by atoms with Crippen LogP contribution >= 0.6 is 11.6 Å². The lowest BCUT2D eigenvalue weighted by Crippen LogP contribution is -2.18. The molecule has 0 aliphatic rings. The van der Waals surface area contributed by atoms with E-state index in [0.29, 0.717) is 5.02 Å². The highest BCUT2D eigenvalue weighted by molar-refractivity contribution is 7.92. The summed E-state index contributed by atoms with van der Waals surface area (Å²) in [6, 6.07) is 12.4. The normalized spacial score (nSPS) is 10.7. The Labute approximate surface area is 127 Å². The first-order valence-corrected chi connectivity index (χ1v) is 7.62. The molecule has 0 saturated carbocycles. The fourth-order valence-corrected chi connectivity index (χ4v) is 3.13. The molecule has 0 atom stereocenters. The number of hydrogen-bond donors (Lipinski definition) is 3. The van der Waals surface area contributed by atoms with Gasteiger partial charge >= 0.3 is 0 Å². The summed E-state index contributed by atoms with van der Waals surface area (Å²) in [6.07, 6.45) is 0. The molecule has 2 aromatic rings. The number of nitrogens with zero attached hydrogens (tertiary/aromatic N) is 1. The van der Waals surface area contributed by atoms with Gasteiger partial charge in [0.1, 0.15) is 11.0 Å². The zero-order valence-corrected chi connectivity index (χ0v) is 12.2. The van der Waals surface area contributed by atoms with Crippen LogP contribution in [0.5, 0.6) is 0 Å². The van der Waals surface area contributed by atoms with E-state index in [4.69, 9.17) is 22.7 Å². The second-order valence-electron chi connectivity index (χ2n) is 4.05. The smallest absolute Gasteiger partial charge is 0.264 e. The summed E-state index contributed by atoms with van der Waals surface area (Å²) in [5, 5.41) is 9.33. The van der Waals surface area contributed by atoms with Gasteiger partial charge in [0.2, 0.25) is 0 Å². The number of sulfonamides is 1. The van der Waals surface area contributed by atoms with Crippen LogP contribution in [0.1, 0.15) is 5.56 Å². The van der Waals surface area contributed by atoms with Crippen LogP contribution in [0.4, 0.5) is 11.4 Å². The van der Waals surface area contributed by atoms with Crippen LogP contribution in [0.3, 0.4) is 0 Å². The first-order chi connectivity index (χ1) is 9.97. The highest BCUT2D eigenvalue weighted by Gasteiger charge is 2.19. The zero-order chi connectivity index (χ0) is 15.5. The summed E-state index contributed by atoms with van der Waals surface area (Å²) in [5.41, 5.74) is 2.83. The van der Waals surface area contributed by atoms with E-state index in [0.717, 1.165) is 0 Å². The Bertz CT molecular complexity index is 815. The molecule has 108 valence electrons. The first-order valence-electron chi connectivity index (χ1n) is 5.76. The summed E-state index contributed by atoms with van der Waals surface area (Å²) in [7, 11) is -3.91. The van der Waals surface area contributed by atoms with E-state index in [9.17, 15) is 8.42 Å². The molecular weight excluding hydrogens is 312 g/mol. The number of anilines is 2. The molecule has 0 heterocycles. The molecule has 6 nitrogen and oxygen atoms in total. The SMILES string of the molecule is N#Cc1ccc(Cl)cc1NS(=O)(=O)c1ccccc1NN. The molecule has 2 aromatic carbocycles. The molecule has 0 radical (unpaired) electrons. The number of hydrogen-bond acceptors (Lipinski definition) is 5. The number of nitrogens with two attached hydrogens (primary N) is 1. The van der Waals surface area contributed by atoms with Crippen LogP contribution in [-0.4, -0.2) is 8.42 Å². The van der Waals surface area contributed by atoms with E-state index < -0.39 is 10.0 Å². The predicted octanol–water partition coefficient (Wildman–Crippen LogP) is 2.30. The molecule has 0 aliphatic heterocycles. The summed E-state index contributed by atoms with van der Waals surface area (Å²) < 4.78 is 27.1. The summed E-state index contributed by atoms with van der Waals surface area (Å²) in [6.45, 7) is 0. The maximum Gasteiger partial charge on any atom is 0.264 e. The van der Waals surface area contributed by atoms with Gasteiger partial charge in [0.05, 0.1) is 16.9 Å². The van der Waals surface area contributed by atoms with E-state index in [1.54, 1.807) is 12.1 Å². The van der Waals surface area contributed by atoms with Gasteiger partial charge in [0.15, 0.2) is 0 Å². The average molecular weight is 323 g/mol. The lowest BCUT2D eigenvalue weighted by atomic mass is 10.2. The van der Waals surface area contributed by atoms with Crippen molar-refractivity contribution < 1.29 is 8.42 Å². The van der Waals surface area contributed by atoms with Crippen molar-refractivity contribution in [2.75, 3.05) is 10.1 Å². The number of rotatable bonds is 4. The van der Waals surface area contributed by atoms with Crippen molar-refractivity contribution in [3.05, 3.63) is 53.1 Å². The maximum absolute atomic E-state index is 12.4. The number of nitrogens with one attached hydrogen (secondary N) is 2. The van der Waals surface area contributed by atoms with Crippen LogP contribution in [0.2, 0.25) is 5.02 Å². The van der Waals surface area contributed by atoms with Gasteiger partial charge in [0.25, 0.3) is 10.0 Å². The molecule has 0 amide bonds. The minimum absolute atomic E-state index is 0.0311. The fourth-order valence-electron chi connectivity index (χ4n) is 1.72. The number of benzene rings is 2. The van der Waals surface area contributed by atoms with Gasteiger partial charge in [0, 0.05) is 5.02 Å². The van der Waals surface area contributed by atoms with Crippen molar-refractivity contribution in [1.29, 1.82) is 5.26 Å². The van der Waals surface area contributed by atoms with E-state index in [2.05, 4.69) is 10.1 Å². The van der Waals surface area contributed by atoms with Gasteiger partial charge < -0.3 is 5.43 Å². The molecule has 0 aliphatic carbocycles. The minimum atomic E-state index is -3.91. The van der Waals surface area contributed by atoms with E-state index in [1.165, 1.54) is 30.3 Å².